The van der Waals surface area contributed by atoms with E-state index < -0.39 is 0 Å². The maximum absolute atomic E-state index is 4.72. The molecule has 0 aliphatic carbocycles. The molecule has 2 nitrogen and oxygen atoms in total. The lowest BCUT2D eigenvalue weighted by molar-refractivity contribution is 0.502. The summed E-state index contributed by atoms with van der Waals surface area (Å²) in [6.07, 6.45) is 4.34. The molecule has 0 saturated carbocycles. The molecular weight excluding hydrogens is 300 g/mol. The SMILES string of the molecule is CCC(CC)N(CC(C)C)c1ncc(CBr)cc1C. The monoisotopic (exact) mass is 326 g/mol. The Morgan fingerprint density at radius 2 is 1.89 bits per heavy atom. The lowest BCUT2D eigenvalue weighted by Crippen LogP contribution is -2.38. The fourth-order valence-corrected chi connectivity index (χ4v) is 2.84. The maximum atomic E-state index is 4.72. The second kappa shape index (κ2) is 7.88. The molecule has 0 bridgehead atoms. The molecule has 0 unspecified atom stereocenters. The Kier molecular flexibility index (Phi) is 6.84. The highest BCUT2D eigenvalue weighted by molar-refractivity contribution is 9.08. The van der Waals surface area contributed by atoms with Gasteiger partial charge in [-0.15, -0.1) is 0 Å². The maximum Gasteiger partial charge on any atom is 0.131 e. The van der Waals surface area contributed by atoms with Gasteiger partial charge in [0.05, 0.1) is 0 Å². The predicted octanol–water partition coefficient (Wildman–Crippen LogP) is 4.94. The zero-order valence-corrected chi connectivity index (χ0v) is 14.5. The van der Waals surface area contributed by atoms with Crippen molar-refractivity contribution in [3.8, 4) is 0 Å². The number of halogens is 1. The third-order valence-corrected chi connectivity index (χ3v) is 4.13. The van der Waals surface area contributed by atoms with E-state index in [0.717, 1.165) is 17.7 Å². The molecular formula is C16H27BrN2. The van der Waals surface area contributed by atoms with E-state index in [2.05, 4.69) is 61.5 Å². The summed E-state index contributed by atoms with van der Waals surface area (Å²) in [4.78, 5) is 7.21. The number of rotatable bonds is 7. The van der Waals surface area contributed by atoms with Crippen LogP contribution in [0.25, 0.3) is 0 Å². The van der Waals surface area contributed by atoms with Gasteiger partial charge in [-0.25, -0.2) is 4.98 Å². The highest BCUT2D eigenvalue weighted by Crippen LogP contribution is 2.24. The van der Waals surface area contributed by atoms with Gasteiger partial charge in [-0.2, -0.15) is 0 Å². The first-order chi connectivity index (χ1) is 9.03. The number of aryl methyl sites for hydroxylation is 1. The van der Waals surface area contributed by atoms with E-state index in [0.29, 0.717) is 12.0 Å². The largest absolute Gasteiger partial charge is 0.353 e. The molecule has 0 amide bonds. The smallest absolute Gasteiger partial charge is 0.131 e. The Hall–Kier alpha value is -0.570. The molecule has 1 aromatic heterocycles. The summed E-state index contributed by atoms with van der Waals surface area (Å²) in [5.41, 5.74) is 2.53. The van der Waals surface area contributed by atoms with Gasteiger partial charge < -0.3 is 4.90 Å². The van der Waals surface area contributed by atoms with Gasteiger partial charge in [0.2, 0.25) is 0 Å². The molecule has 0 aromatic carbocycles. The van der Waals surface area contributed by atoms with Crippen LogP contribution in [0.3, 0.4) is 0 Å². The van der Waals surface area contributed by atoms with E-state index in [1.807, 2.05) is 6.20 Å². The van der Waals surface area contributed by atoms with Gasteiger partial charge >= 0.3 is 0 Å². The van der Waals surface area contributed by atoms with E-state index in [1.165, 1.54) is 24.0 Å². The minimum atomic E-state index is 0.587. The van der Waals surface area contributed by atoms with Crippen LogP contribution in [0.2, 0.25) is 0 Å². The lowest BCUT2D eigenvalue weighted by Gasteiger charge is -2.34. The Morgan fingerprint density at radius 3 is 2.32 bits per heavy atom. The fraction of sp³-hybridized carbons (Fsp3) is 0.688. The average molecular weight is 327 g/mol. The van der Waals surface area contributed by atoms with E-state index in [9.17, 15) is 0 Å². The second-order valence-electron chi connectivity index (χ2n) is 5.63. The molecule has 0 radical (unpaired) electrons. The zero-order valence-electron chi connectivity index (χ0n) is 12.9. The van der Waals surface area contributed by atoms with Crippen molar-refractivity contribution in [2.45, 2.75) is 58.8 Å². The first-order valence-electron chi connectivity index (χ1n) is 7.31. The minimum absolute atomic E-state index is 0.587. The summed E-state index contributed by atoms with van der Waals surface area (Å²) in [5, 5.41) is 0.871. The van der Waals surface area contributed by atoms with Crippen LogP contribution in [0.5, 0.6) is 0 Å². The van der Waals surface area contributed by atoms with Crippen molar-refractivity contribution in [2.75, 3.05) is 11.4 Å². The van der Waals surface area contributed by atoms with Gasteiger partial charge in [-0.05, 0) is 36.8 Å². The molecule has 0 spiro atoms. The van der Waals surface area contributed by atoms with Crippen molar-refractivity contribution in [1.29, 1.82) is 0 Å². The lowest BCUT2D eigenvalue weighted by atomic mass is 10.1. The van der Waals surface area contributed by atoms with E-state index in [-0.39, 0.29) is 0 Å². The zero-order chi connectivity index (χ0) is 14.4. The third-order valence-electron chi connectivity index (χ3n) is 3.48. The number of alkyl halides is 1. The molecule has 3 heteroatoms. The fourth-order valence-electron chi connectivity index (χ4n) is 2.53. The van der Waals surface area contributed by atoms with Crippen LogP contribution in [0, 0.1) is 12.8 Å². The van der Waals surface area contributed by atoms with Crippen LogP contribution >= 0.6 is 15.9 Å². The molecule has 108 valence electrons. The summed E-state index contributed by atoms with van der Waals surface area (Å²) in [5.74, 6) is 1.81. The van der Waals surface area contributed by atoms with Crippen LogP contribution in [0.4, 0.5) is 5.82 Å². The molecule has 1 heterocycles. The highest BCUT2D eigenvalue weighted by Gasteiger charge is 2.19. The summed E-state index contributed by atoms with van der Waals surface area (Å²) in [6.45, 7) is 12.3. The van der Waals surface area contributed by atoms with Crippen LogP contribution in [-0.2, 0) is 5.33 Å². The molecule has 19 heavy (non-hydrogen) atoms. The van der Waals surface area contributed by atoms with Gasteiger partial charge in [0.15, 0.2) is 0 Å². The number of hydrogen-bond acceptors (Lipinski definition) is 2. The Morgan fingerprint density at radius 1 is 1.26 bits per heavy atom. The van der Waals surface area contributed by atoms with E-state index in [1.54, 1.807) is 0 Å². The molecule has 0 aliphatic rings. The molecule has 0 fully saturated rings. The Labute approximate surface area is 126 Å². The van der Waals surface area contributed by atoms with Gasteiger partial charge in [0.25, 0.3) is 0 Å². The molecule has 0 atom stereocenters. The van der Waals surface area contributed by atoms with E-state index >= 15 is 0 Å². The summed E-state index contributed by atoms with van der Waals surface area (Å²) in [7, 11) is 0. The van der Waals surface area contributed by atoms with Gasteiger partial charge in [-0.1, -0.05) is 49.7 Å². The van der Waals surface area contributed by atoms with Crippen LogP contribution in [0.15, 0.2) is 12.3 Å². The Bertz CT molecular complexity index is 386. The molecule has 1 rings (SSSR count). The van der Waals surface area contributed by atoms with Gasteiger partial charge in [-0.3, -0.25) is 0 Å². The second-order valence-corrected chi connectivity index (χ2v) is 6.19. The summed E-state index contributed by atoms with van der Waals surface area (Å²) >= 11 is 3.50. The average Bonchev–Trinajstić information content (AvgIpc) is 2.38. The quantitative estimate of drug-likeness (QED) is 0.660. The van der Waals surface area contributed by atoms with Gasteiger partial charge in [0.1, 0.15) is 5.82 Å². The third kappa shape index (κ3) is 4.48. The first-order valence-corrected chi connectivity index (χ1v) is 8.43. The highest BCUT2D eigenvalue weighted by atomic mass is 79.9. The number of aromatic nitrogens is 1. The van der Waals surface area contributed by atoms with Crippen LogP contribution in [-0.4, -0.2) is 17.6 Å². The van der Waals surface area contributed by atoms with Crippen molar-refractivity contribution < 1.29 is 0 Å². The first kappa shape index (κ1) is 16.5. The summed E-state index contributed by atoms with van der Waals surface area (Å²) in [6, 6.07) is 2.83. The predicted molar refractivity (Wildman–Crippen MR) is 88.2 cm³/mol. The summed E-state index contributed by atoms with van der Waals surface area (Å²) < 4.78 is 0. The van der Waals surface area contributed by atoms with Crippen molar-refractivity contribution in [1.82, 2.24) is 4.98 Å². The van der Waals surface area contributed by atoms with Crippen molar-refractivity contribution in [2.24, 2.45) is 5.92 Å². The Balaban J connectivity index is 3.09. The normalized spacial score (nSPS) is 11.4. The molecule has 1 aromatic rings. The van der Waals surface area contributed by atoms with E-state index in [4.69, 9.17) is 4.98 Å². The van der Waals surface area contributed by atoms with Crippen molar-refractivity contribution in [3.05, 3.63) is 23.4 Å². The molecule has 0 aliphatic heterocycles. The van der Waals surface area contributed by atoms with Crippen LogP contribution < -0.4 is 4.90 Å². The van der Waals surface area contributed by atoms with Crippen molar-refractivity contribution >= 4 is 21.7 Å². The standard InChI is InChI=1S/C16H27BrN2/c1-6-15(7-2)19(11-12(3)4)16-13(5)8-14(9-17)10-18-16/h8,10,12,15H,6-7,9,11H2,1-5H3. The van der Waals surface area contributed by atoms with Gasteiger partial charge in [0, 0.05) is 24.1 Å². The number of hydrogen-bond donors (Lipinski definition) is 0. The molecule has 0 N–H and O–H groups in total. The topological polar surface area (TPSA) is 16.1 Å². The number of anilines is 1. The number of nitrogens with zero attached hydrogens (tertiary/aromatic N) is 2. The number of pyridine rings is 1. The van der Waals surface area contributed by atoms with Crippen molar-refractivity contribution in [3.63, 3.8) is 0 Å². The minimum Gasteiger partial charge on any atom is -0.353 e. The molecule has 0 saturated heterocycles. The van der Waals surface area contributed by atoms with Crippen LogP contribution in [0.1, 0.15) is 51.7 Å².